The Bertz CT molecular complexity index is 1150. The van der Waals surface area contributed by atoms with Crippen LogP contribution in [0.4, 0.5) is 5.82 Å². The summed E-state index contributed by atoms with van der Waals surface area (Å²) in [5.74, 6) is 0.956. The molecule has 1 saturated heterocycles. The summed E-state index contributed by atoms with van der Waals surface area (Å²) in [4.78, 5) is 16.0. The van der Waals surface area contributed by atoms with Crippen molar-refractivity contribution in [1.82, 2.24) is 24.7 Å². The second kappa shape index (κ2) is 7.25. The Labute approximate surface area is 169 Å². The number of hydrogen-bond donors (Lipinski definition) is 1. The van der Waals surface area contributed by atoms with E-state index < -0.39 is 0 Å². The zero-order chi connectivity index (χ0) is 19.8. The highest BCUT2D eigenvalue weighted by Gasteiger charge is 2.19. The van der Waals surface area contributed by atoms with Crippen molar-refractivity contribution in [2.24, 2.45) is 12.8 Å². The molecule has 2 N–H and O–H groups in total. The summed E-state index contributed by atoms with van der Waals surface area (Å²) in [5.41, 5.74) is 10.7. The summed E-state index contributed by atoms with van der Waals surface area (Å²) in [5, 5.41) is 5.78. The Morgan fingerprint density at radius 3 is 2.86 bits per heavy atom. The molecule has 7 nitrogen and oxygen atoms in total. The van der Waals surface area contributed by atoms with E-state index in [-0.39, 0.29) is 6.04 Å². The van der Waals surface area contributed by atoms with Gasteiger partial charge in [-0.15, -0.1) is 0 Å². The van der Waals surface area contributed by atoms with Crippen molar-refractivity contribution in [3.8, 4) is 22.6 Å². The lowest BCUT2D eigenvalue weighted by Crippen LogP contribution is -2.43. The summed E-state index contributed by atoms with van der Waals surface area (Å²) < 4.78 is 1.86. The third-order valence-corrected chi connectivity index (χ3v) is 5.45. The zero-order valence-corrected chi connectivity index (χ0v) is 16.4. The van der Waals surface area contributed by atoms with Crippen molar-refractivity contribution in [2.75, 3.05) is 18.0 Å². The van der Waals surface area contributed by atoms with Crippen LogP contribution in [0.1, 0.15) is 12.8 Å². The first kappa shape index (κ1) is 17.8. The Hall–Kier alpha value is -3.32. The third kappa shape index (κ3) is 3.34. The van der Waals surface area contributed by atoms with Crippen LogP contribution in [0.5, 0.6) is 0 Å². The van der Waals surface area contributed by atoms with E-state index in [2.05, 4.69) is 27.0 Å². The van der Waals surface area contributed by atoms with Crippen molar-refractivity contribution in [3.05, 3.63) is 55.0 Å². The molecule has 1 fully saturated rings. The summed E-state index contributed by atoms with van der Waals surface area (Å²) >= 11 is 0. The molecule has 0 amide bonds. The highest BCUT2D eigenvalue weighted by atomic mass is 15.3. The van der Waals surface area contributed by atoms with E-state index in [1.807, 2.05) is 48.4 Å². The summed E-state index contributed by atoms with van der Waals surface area (Å²) in [6.07, 6.45) is 7.62. The molecule has 5 rings (SSSR count). The van der Waals surface area contributed by atoms with Crippen LogP contribution in [-0.4, -0.2) is 43.9 Å². The fourth-order valence-corrected chi connectivity index (χ4v) is 3.96. The molecule has 0 spiro atoms. The molecule has 0 unspecified atom stereocenters. The average Bonchev–Trinajstić information content (AvgIpc) is 3.10. The lowest BCUT2D eigenvalue weighted by molar-refractivity contribution is 0.503. The van der Waals surface area contributed by atoms with Gasteiger partial charge in [-0.05, 0) is 43.2 Å². The number of pyridine rings is 3. The fourth-order valence-electron chi connectivity index (χ4n) is 3.96. The minimum absolute atomic E-state index is 0.206. The van der Waals surface area contributed by atoms with E-state index >= 15 is 0 Å². The Kier molecular flexibility index (Phi) is 4.44. The maximum atomic E-state index is 6.16. The smallest absolute Gasteiger partial charge is 0.129 e. The molecule has 146 valence electrons. The van der Waals surface area contributed by atoms with Crippen molar-refractivity contribution >= 4 is 16.7 Å². The second-order valence-corrected chi connectivity index (χ2v) is 7.53. The molecule has 0 aromatic carbocycles. The van der Waals surface area contributed by atoms with Gasteiger partial charge in [-0.25, -0.2) is 4.98 Å². The van der Waals surface area contributed by atoms with Gasteiger partial charge in [0, 0.05) is 49.5 Å². The van der Waals surface area contributed by atoms with Gasteiger partial charge in [-0.2, -0.15) is 5.10 Å². The number of nitrogens with zero attached hydrogens (tertiary/aromatic N) is 6. The van der Waals surface area contributed by atoms with E-state index in [9.17, 15) is 0 Å². The van der Waals surface area contributed by atoms with Gasteiger partial charge in [0.2, 0.25) is 0 Å². The van der Waals surface area contributed by atoms with E-state index in [1.165, 1.54) is 0 Å². The van der Waals surface area contributed by atoms with Crippen LogP contribution in [0.25, 0.3) is 33.5 Å². The van der Waals surface area contributed by atoms with Gasteiger partial charge in [0.25, 0.3) is 0 Å². The number of aryl methyl sites for hydroxylation is 1. The predicted octanol–water partition coefficient (Wildman–Crippen LogP) is 3.02. The topological polar surface area (TPSA) is 85.8 Å². The van der Waals surface area contributed by atoms with Gasteiger partial charge in [0.05, 0.1) is 23.1 Å². The van der Waals surface area contributed by atoms with Crippen molar-refractivity contribution in [3.63, 3.8) is 0 Å². The lowest BCUT2D eigenvalue weighted by Gasteiger charge is -2.31. The van der Waals surface area contributed by atoms with Gasteiger partial charge < -0.3 is 10.6 Å². The maximum Gasteiger partial charge on any atom is 0.129 e. The number of fused-ring (bicyclic) bond motifs is 1. The van der Waals surface area contributed by atoms with Crippen LogP contribution in [0.3, 0.4) is 0 Å². The number of nitrogens with two attached hydrogens (primary N) is 1. The van der Waals surface area contributed by atoms with Crippen molar-refractivity contribution in [2.45, 2.75) is 18.9 Å². The monoisotopic (exact) mass is 385 g/mol. The van der Waals surface area contributed by atoms with Crippen LogP contribution in [0.2, 0.25) is 0 Å². The average molecular weight is 385 g/mol. The Morgan fingerprint density at radius 1 is 1.10 bits per heavy atom. The van der Waals surface area contributed by atoms with Gasteiger partial charge >= 0.3 is 0 Å². The molecule has 0 saturated carbocycles. The predicted molar refractivity (Wildman–Crippen MR) is 114 cm³/mol. The quantitative estimate of drug-likeness (QED) is 0.583. The number of anilines is 1. The SMILES string of the molecule is Cn1nc(-c2cccc(N3CCC[C@H](N)C3)n2)c2cc(-c3cccnc3)ncc21. The van der Waals surface area contributed by atoms with Crippen LogP contribution >= 0.6 is 0 Å². The van der Waals surface area contributed by atoms with Crippen LogP contribution in [0.15, 0.2) is 55.0 Å². The van der Waals surface area contributed by atoms with Crippen LogP contribution in [-0.2, 0) is 7.05 Å². The third-order valence-electron chi connectivity index (χ3n) is 5.45. The highest BCUT2D eigenvalue weighted by Crippen LogP contribution is 2.30. The first-order valence-electron chi connectivity index (χ1n) is 9.90. The van der Waals surface area contributed by atoms with E-state index in [1.54, 1.807) is 6.20 Å². The molecule has 1 aliphatic rings. The maximum absolute atomic E-state index is 6.16. The van der Waals surface area contributed by atoms with E-state index in [4.69, 9.17) is 15.8 Å². The van der Waals surface area contributed by atoms with Crippen molar-refractivity contribution < 1.29 is 0 Å². The largest absolute Gasteiger partial charge is 0.355 e. The zero-order valence-electron chi connectivity index (χ0n) is 16.4. The first-order valence-corrected chi connectivity index (χ1v) is 9.90. The number of rotatable bonds is 3. The minimum atomic E-state index is 0.206. The molecule has 1 aliphatic heterocycles. The summed E-state index contributed by atoms with van der Waals surface area (Å²) in [6, 6.07) is 12.3. The molecule has 4 aromatic heterocycles. The molecule has 0 bridgehead atoms. The van der Waals surface area contributed by atoms with E-state index in [0.29, 0.717) is 0 Å². The molecule has 7 heteroatoms. The molecule has 0 radical (unpaired) electrons. The van der Waals surface area contributed by atoms with Crippen LogP contribution < -0.4 is 10.6 Å². The minimum Gasteiger partial charge on any atom is -0.355 e. The lowest BCUT2D eigenvalue weighted by atomic mass is 10.1. The molecule has 0 aliphatic carbocycles. The van der Waals surface area contributed by atoms with Gasteiger partial charge in [0.1, 0.15) is 11.5 Å². The normalized spacial score (nSPS) is 17.0. The molecule has 4 aromatic rings. The number of piperidine rings is 1. The van der Waals surface area contributed by atoms with Crippen molar-refractivity contribution in [1.29, 1.82) is 0 Å². The Balaban J connectivity index is 1.59. The molecule has 5 heterocycles. The summed E-state index contributed by atoms with van der Waals surface area (Å²) in [7, 11) is 1.94. The molecule has 1 atom stereocenters. The Morgan fingerprint density at radius 2 is 2.03 bits per heavy atom. The summed E-state index contributed by atoms with van der Waals surface area (Å²) in [6.45, 7) is 1.83. The second-order valence-electron chi connectivity index (χ2n) is 7.53. The standard InChI is InChI=1S/C22H23N7/c1-28-20-13-25-19(15-5-3-9-24-12-15)11-17(20)22(27-28)18-7-2-8-21(26-18)29-10-4-6-16(23)14-29/h2-3,5,7-9,11-13,16H,4,6,10,14,23H2,1H3/t16-/m0/s1. The molecular weight excluding hydrogens is 362 g/mol. The van der Waals surface area contributed by atoms with E-state index in [0.717, 1.165) is 65.3 Å². The van der Waals surface area contributed by atoms with Gasteiger partial charge in [0.15, 0.2) is 0 Å². The number of hydrogen-bond acceptors (Lipinski definition) is 6. The fraction of sp³-hybridized carbons (Fsp3) is 0.273. The first-order chi connectivity index (χ1) is 14.2. The van der Waals surface area contributed by atoms with Crippen LogP contribution in [0, 0.1) is 0 Å². The highest BCUT2D eigenvalue weighted by molar-refractivity contribution is 5.94. The van der Waals surface area contributed by atoms with Gasteiger partial charge in [-0.3, -0.25) is 14.6 Å². The molecule has 29 heavy (non-hydrogen) atoms. The number of aromatic nitrogens is 5. The molecular formula is C22H23N7. The van der Waals surface area contributed by atoms with Gasteiger partial charge in [-0.1, -0.05) is 6.07 Å².